The van der Waals surface area contributed by atoms with Crippen LogP contribution in [0.2, 0.25) is 0 Å². The maximum Gasteiger partial charge on any atom is 0.305 e. The second-order valence-corrected chi connectivity index (χ2v) is 5.23. The van der Waals surface area contributed by atoms with Gasteiger partial charge in [-0.25, -0.2) is 0 Å². The average molecular weight is 192 g/mol. The van der Waals surface area contributed by atoms with Gasteiger partial charge < -0.3 is 4.74 Å². The maximum absolute atomic E-state index is 10.7. The number of ether oxygens (including phenoxy) is 1. The number of hydrogen-bond donors (Lipinski definition) is 0. The minimum absolute atomic E-state index is 0.0810. The molecule has 1 rings (SSSR count). The largest absolute Gasteiger partial charge is 0.469 e. The normalized spacial score (nSPS) is 23.5. The molecular weight excluding hydrogens is 180 g/mol. The summed E-state index contributed by atoms with van der Waals surface area (Å²) in [6.07, 6.45) is 2.80. The van der Waals surface area contributed by atoms with E-state index in [1.807, 2.05) is 21.6 Å². The van der Waals surface area contributed by atoms with E-state index in [0.29, 0.717) is 11.7 Å². The Kier molecular flexibility index (Phi) is 4.15. The minimum atomic E-state index is -0.0810. The van der Waals surface area contributed by atoms with Crippen molar-refractivity contribution in [2.75, 3.05) is 12.9 Å². The van der Waals surface area contributed by atoms with Gasteiger partial charge in [0.05, 0.1) is 7.11 Å². The molecule has 11 heavy (non-hydrogen) atoms. The molecule has 0 aromatic rings. The Hall–Kier alpha value is 0.170. The fraction of sp³-hybridized carbons (Fsp3) is 0.857. The van der Waals surface area contributed by atoms with E-state index >= 15 is 0 Å². The SMILES string of the molecule is COC(=O)CCC1CCSS1. The molecule has 1 atom stereocenters. The summed E-state index contributed by atoms with van der Waals surface area (Å²) in [6, 6.07) is 0. The van der Waals surface area contributed by atoms with Crippen LogP contribution in [0.25, 0.3) is 0 Å². The number of carbonyl (C=O) groups is 1. The van der Waals surface area contributed by atoms with E-state index in [9.17, 15) is 4.79 Å². The molecule has 64 valence electrons. The molecule has 0 spiro atoms. The molecule has 1 unspecified atom stereocenters. The van der Waals surface area contributed by atoms with Crippen LogP contribution in [0.15, 0.2) is 0 Å². The Morgan fingerprint density at radius 2 is 2.55 bits per heavy atom. The lowest BCUT2D eigenvalue weighted by atomic mass is 10.2. The topological polar surface area (TPSA) is 26.3 Å². The van der Waals surface area contributed by atoms with Crippen LogP contribution in [0.3, 0.4) is 0 Å². The van der Waals surface area contributed by atoms with Crippen molar-refractivity contribution in [1.29, 1.82) is 0 Å². The number of methoxy groups -OCH3 is 1. The lowest BCUT2D eigenvalue weighted by Crippen LogP contribution is -2.05. The summed E-state index contributed by atoms with van der Waals surface area (Å²) in [5.74, 6) is 1.15. The fourth-order valence-electron chi connectivity index (χ4n) is 0.945. The van der Waals surface area contributed by atoms with E-state index in [1.165, 1.54) is 19.3 Å². The Labute approximate surface area is 74.8 Å². The second-order valence-electron chi connectivity index (χ2n) is 2.44. The molecule has 1 heterocycles. The first-order valence-electron chi connectivity index (χ1n) is 3.68. The van der Waals surface area contributed by atoms with Crippen molar-refractivity contribution in [2.45, 2.75) is 24.5 Å². The smallest absolute Gasteiger partial charge is 0.305 e. The first-order chi connectivity index (χ1) is 5.33. The second kappa shape index (κ2) is 4.93. The molecule has 0 aromatic heterocycles. The summed E-state index contributed by atoms with van der Waals surface area (Å²) >= 11 is 0. The Morgan fingerprint density at radius 3 is 3.09 bits per heavy atom. The zero-order valence-electron chi connectivity index (χ0n) is 6.54. The van der Waals surface area contributed by atoms with Gasteiger partial charge in [0.1, 0.15) is 0 Å². The zero-order valence-corrected chi connectivity index (χ0v) is 8.17. The van der Waals surface area contributed by atoms with Crippen LogP contribution in [-0.2, 0) is 9.53 Å². The van der Waals surface area contributed by atoms with Crippen LogP contribution in [0, 0.1) is 0 Å². The molecular formula is C7H12O2S2. The van der Waals surface area contributed by atoms with E-state index in [4.69, 9.17) is 0 Å². The minimum Gasteiger partial charge on any atom is -0.469 e. The van der Waals surface area contributed by atoms with Crippen LogP contribution in [0.5, 0.6) is 0 Å². The Balaban J connectivity index is 2.06. The summed E-state index contributed by atoms with van der Waals surface area (Å²) < 4.78 is 4.56. The predicted molar refractivity (Wildman–Crippen MR) is 49.7 cm³/mol. The van der Waals surface area contributed by atoms with E-state index in [0.717, 1.165) is 6.42 Å². The molecule has 0 N–H and O–H groups in total. The van der Waals surface area contributed by atoms with Gasteiger partial charge in [-0.2, -0.15) is 0 Å². The summed E-state index contributed by atoms with van der Waals surface area (Å²) in [4.78, 5) is 10.7. The van der Waals surface area contributed by atoms with Crippen molar-refractivity contribution in [3.8, 4) is 0 Å². The molecule has 1 fully saturated rings. The van der Waals surface area contributed by atoms with Gasteiger partial charge in [-0.05, 0) is 12.8 Å². The van der Waals surface area contributed by atoms with Gasteiger partial charge in [0, 0.05) is 17.4 Å². The third-order valence-electron chi connectivity index (χ3n) is 1.63. The maximum atomic E-state index is 10.7. The van der Waals surface area contributed by atoms with Gasteiger partial charge in [-0.1, -0.05) is 21.6 Å². The molecule has 2 nitrogen and oxygen atoms in total. The van der Waals surface area contributed by atoms with E-state index in [1.54, 1.807) is 0 Å². The highest BCUT2D eigenvalue weighted by Crippen LogP contribution is 2.39. The Bertz CT molecular complexity index is 132. The number of esters is 1. The Morgan fingerprint density at radius 1 is 1.73 bits per heavy atom. The number of hydrogen-bond acceptors (Lipinski definition) is 4. The van der Waals surface area contributed by atoms with Crippen molar-refractivity contribution in [3.05, 3.63) is 0 Å². The van der Waals surface area contributed by atoms with Gasteiger partial charge in [0.25, 0.3) is 0 Å². The molecule has 1 aliphatic rings. The van der Waals surface area contributed by atoms with Crippen LogP contribution in [0.4, 0.5) is 0 Å². The molecule has 1 saturated heterocycles. The zero-order chi connectivity index (χ0) is 8.10. The molecule has 0 amide bonds. The quantitative estimate of drug-likeness (QED) is 0.505. The summed E-state index contributed by atoms with van der Waals surface area (Å²) in [5.41, 5.74) is 0. The van der Waals surface area contributed by atoms with Crippen LogP contribution in [-0.4, -0.2) is 24.1 Å². The summed E-state index contributed by atoms with van der Waals surface area (Å²) in [7, 11) is 5.25. The van der Waals surface area contributed by atoms with Crippen molar-refractivity contribution in [3.63, 3.8) is 0 Å². The van der Waals surface area contributed by atoms with Crippen molar-refractivity contribution >= 4 is 27.6 Å². The van der Waals surface area contributed by atoms with Crippen molar-refractivity contribution in [2.24, 2.45) is 0 Å². The summed E-state index contributed by atoms with van der Waals surface area (Å²) in [5, 5.41) is 0.680. The third-order valence-corrected chi connectivity index (χ3v) is 4.63. The molecule has 0 bridgehead atoms. The third kappa shape index (κ3) is 3.38. The van der Waals surface area contributed by atoms with Gasteiger partial charge in [-0.3, -0.25) is 4.79 Å². The molecule has 0 aliphatic carbocycles. The molecule has 0 saturated carbocycles. The predicted octanol–water partition coefficient (Wildman–Crippen LogP) is 2.09. The van der Waals surface area contributed by atoms with Crippen LogP contribution in [0.1, 0.15) is 19.3 Å². The first-order valence-corrected chi connectivity index (χ1v) is 6.06. The van der Waals surface area contributed by atoms with E-state index < -0.39 is 0 Å². The van der Waals surface area contributed by atoms with Crippen LogP contribution < -0.4 is 0 Å². The molecule has 0 aromatic carbocycles. The lowest BCUT2D eigenvalue weighted by Gasteiger charge is -2.04. The standard InChI is InChI=1S/C7H12O2S2/c1-9-7(8)3-2-6-4-5-10-11-6/h6H,2-5H2,1H3. The molecule has 0 radical (unpaired) electrons. The molecule has 4 heteroatoms. The van der Waals surface area contributed by atoms with Crippen molar-refractivity contribution < 1.29 is 9.53 Å². The van der Waals surface area contributed by atoms with Crippen LogP contribution >= 0.6 is 21.6 Å². The van der Waals surface area contributed by atoms with Gasteiger partial charge in [0.2, 0.25) is 0 Å². The first kappa shape index (κ1) is 9.26. The fourth-order valence-corrected chi connectivity index (χ4v) is 3.92. The van der Waals surface area contributed by atoms with Gasteiger partial charge in [0.15, 0.2) is 0 Å². The average Bonchev–Trinajstić information content (AvgIpc) is 2.52. The highest BCUT2D eigenvalue weighted by atomic mass is 33.1. The van der Waals surface area contributed by atoms with Crippen molar-refractivity contribution in [1.82, 2.24) is 0 Å². The van der Waals surface area contributed by atoms with E-state index in [-0.39, 0.29) is 5.97 Å². The molecule has 1 aliphatic heterocycles. The summed E-state index contributed by atoms with van der Waals surface area (Å²) in [6.45, 7) is 0. The highest BCUT2D eigenvalue weighted by Gasteiger charge is 2.17. The van der Waals surface area contributed by atoms with Gasteiger partial charge >= 0.3 is 5.97 Å². The number of carbonyl (C=O) groups excluding carboxylic acids is 1. The van der Waals surface area contributed by atoms with E-state index in [2.05, 4.69) is 4.74 Å². The monoisotopic (exact) mass is 192 g/mol. The lowest BCUT2D eigenvalue weighted by molar-refractivity contribution is -0.140. The number of rotatable bonds is 3. The highest BCUT2D eigenvalue weighted by molar-refractivity contribution is 8.77. The van der Waals surface area contributed by atoms with Gasteiger partial charge in [-0.15, -0.1) is 0 Å².